The van der Waals surface area contributed by atoms with E-state index in [0.29, 0.717) is 11.6 Å². The Kier molecular flexibility index (Phi) is 3.80. The number of benzene rings is 1. The molecule has 0 radical (unpaired) electrons. The minimum absolute atomic E-state index is 0.334. The van der Waals surface area contributed by atoms with Gasteiger partial charge < -0.3 is 15.0 Å². The van der Waals surface area contributed by atoms with Crippen molar-refractivity contribution >= 4 is 5.97 Å². The van der Waals surface area contributed by atoms with Crippen molar-refractivity contribution in [2.75, 3.05) is 7.05 Å². The first-order valence-electron chi connectivity index (χ1n) is 7.35. The molecule has 1 aromatic heterocycles. The Balaban J connectivity index is 1.79. The molecule has 1 heterocycles. The number of fused-ring (bicyclic) bond motifs is 1. The smallest absolute Gasteiger partial charge is 0.335 e. The first-order chi connectivity index (χ1) is 10.2. The number of carboxylic acids is 1. The molecule has 0 spiro atoms. The van der Waals surface area contributed by atoms with E-state index in [9.17, 15) is 4.79 Å². The molecule has 3 rings (SSSR count). The third-order valence-corrected chi connectivity index (χ3v) is 4.23. The van der Waals surface area contributed by atoms with Gasteiger partial charge in [-0.15, -0.1) is 0 Å². The zero-order valence-electron chi connectivity index (χ0n) is 12.2. The number of carbonyl (C=O) groups is 1. The van der Waals surface area contributed by atoms with Crippen molar-refractivity contribution in [1.82, 2.24) is 9.88 Å². The molecule has 0 amide bonds. The van der Waals surface area contributed by atoms with Crippen molar-refractivity contribution in [1.29, 1.82) is 0 Å². The summed E-state index contributed by atoms with van der Waals surface area (Å²) in [5, 5.41) is 12.3. The van der Waals surface area contributed by atoms with Gasteiger partial charge in [-0.25, -0.2) is 4.79 Å². The molecule has 0 saturated heterocycles. The van der Waals surface area contributed by atoms with Gasteiger partial charge in [-0.1, -0.05) is 12.1 Å². The fourth-order valence-corrected chi connectivity index (χ4v) is 3.10. The number of hydrogen-bond acceptors (Lipinski definition) is 2. The molecule has 1 aliphatic rings. The Morgan fingerprint density at radius 2 is 2.10 bits per heavy atom. The second kappa shape index (κ2) is 5.74. The quantitative estimate of drug-likeness (QED) is 0.907. The Morgan fingerprint density at radius 3 is 2.76 bits per heavy atom. The maximum absolute atomic E-state index is 10.9. The van der Waals surface area contributed by atoms with E-state index in [1.807, 2.05) is 19.2 Å². The second-order valence-corrected chi connectivity index (χ2v) is 5.65. The van der Waals surface area contributed by atoms with Crippen LogP contribution in [0.15, 0.2) is 36.7 Å². The van der Waals surface area contributed by atoms with Gasteiger partial charge in [-0.2, -0.15) is 0 Å². The summed E-state index contributed by atoms with van der Waals surface area (Å²) >= 11 is 0. The number of aromatic nitrogens is 1. The van der Waals surface area contributed by atoms with Gasteiger partial charge in [0.2, 0.25) is 0 Å². The summed E-state index contributed by atoms with van der Waals surface area (Å²) < 4.78 is 2.20. The van der Waals surface area contributed by atoms with Crippen molar-refractivity contribution in [2.45, 2.75) is 31.8 Å². The third kappa shape index (κ3) is 2.85. The largest absolute Gasteiger partial charge is 0.478 e. The van der Waals surface area contributed by atoms with Gasteiger partial charge in [0.25, 0.3) is 0 Å². The molecule has 0 saturated carbocycles. The molecule has 21 heavy (non-hydrogen) atoms. The van der Waals surface area contributed by atoms with E-state index in [0.717, 1.165) is 18.5 Å². The third-order valence-electron chi connectivity index (χ3n) is 4.23. The lowest BCUT2D eigenvalue weighted by Gasteiger charge is -2.21. The van der Waals surface area contributed by atoms with Crippen molar-refractivity contribution in [3.63, 3.8) is 0 Å². The predicted molar refractivity (Wildman–Crippen MR) is 81.7 cm³/mol. The van der Waals surface area contributed by atoms with E-state index in [-0.39, 0.29) is 0 Å². The monoisotopic (exact) mass is 284 g/mol. The van der Waals surface area contributed by atoms with Crippen LogP contribution in [-0.4, -0.2) is 22.7 Å². The molecule has 2 N–H and O–H groups in total. The van der Waals surface area contributed by atoms with E-state index in [1.165, 1.54) is 24.0 Å². The molecular weight excluding hydrogens is 264 g/mol. The molecule has 4 nitrogen and oxygen atoms in total. The summed E-state index contributed by atoms with van der Waals surface area (Å²) in [4.78, 5) is 10.9. The van der Waals surface area contributed by atoms with Crippen LogP contribution >= 0.6 is 0 Å². The molecule has 1 aromatic carbocycles. The maximum atomic E-state index is 10.9. The lowest BCUT2D eigenvalue weighted by atomic mass is 9.91. The predicted octanol–water partition coefficient (Wildman–Crippen LogP) is 2.83. The lowest BCUT2D eigenvalue weighted by molar-refractivity contribution is 0.0697. The van der Waals surface area contributed by atoms with Crippen LogP contribution in [0.25, 0.3) is 0 Å². The van der Waals surface area contributed by atoms with Crippen molar-refractivity contribution < 1.29 is 9.90 Å². The fourth-order valence-electron chi connectivity index (χ4n) is 3.10. The standard InChI is InChI=1S/C17H20N2O2/c1-18-16-4-2-3-14-10-19(11-15(14)16)9-12-5-7-13(8-6-12)17(20)21/h5-8,10-11,16,18H,2-4,9H2,1H3,(H,20,21). The Labute approximate surface area is 124 Å². The lowest BCUT2D eigenvalue weighted by Crippen LogP contribution is -2.20. The van der Waals surface area contributed by atoms with Crippen LogP contribution in [-0.2, 0) is 13.0 Å². The van der Waals surface area contributed by atoms with Crippen LogP contribution in [0.2, 0.25) is 0 Å². The zero-order valence-corrected chi connectivity index (χ0v) is 12.2. The molecule has 1 unspecified atom stereocenters. The van der Waals surface area contributed by atoms with Gasteiger partial charge in [0.15, 0.2) is 0 Å². The van der Waals surface area contributed by atoms with E-state index in [4.69, 9.17) is 5.11 Å². The topological polar surface area (TPSA) is 54.3 Å². The van der Waals surface area contributed by atoms with Crippen LogP contribution in [0.3, 0.4) is 0 Å². The van der Waals surface area contributed by atoms with Gasteiger partial charge in [0.05, 0.1) is 5.56 Å². The summed E-state index contributed by atoms with van der Waals surface area (Å²) in [5.41, 5.74) is 4.29. The summed E-state index contributed by atoms with van der Waals surface area (Å²) in [6, 6.07) is 7.56. The number of carboxylic acid groups (broad SMARTS) is 1. The molecule has 110 valence electrons. The number of aromatic carboxylic acids is 1. The number of nitrogens with one attached hydrogen (secondary N) is 1. The van der Waals surface area contributed by atoms with Gasteiger partial charge in [-0.3, -0.25) is 0 Å². The Hall–Kier alpha value is -2.07. The molecule has 4 heteroatoms. The van der Waals surface area contributed by atoms with Crippen molar-refractivity contribution in [2.24, 2.45) is 0 Å². The summed E-state index contributed by atoms with van der Waals surface area (Å²) in [6.45, 7) is 0.781. The highest BCUT2D eigenvalue weighted by Gasteiger charge is 2.20. The highest BCUT2D eigenvalue weighted by Crippen LogP contribution is 2.30. The minimum atomic E-state index is -0.880. The van der Waals surface area contributed by atoms with Crippen LogP contribution in [0.5, 0.6) is 0 Å². The number of rotatable bonds is 4. The van der Waals surface area contributed by atoms with E-state index in [1.54, 1.807) is 12.1 Å². The van der Waals surface area contributed by atoms with Crippen LogP contribution in [0.1, 0.15) is 45.9 Å². The average molecular weight is 284 g/mol. The highest BCUT2D eigenvalue weighted by atomic mass is 16.4. The summed E-state index contributed by atoms with van der Waals surface area (Å²) in [6.07, 6.45) is 8.03. The molecule has 0 bridgehead atoms. The number of hydrogen-bond donors (Lipinski definition) is 2. The normalized spacial score (nSPS) is 17.5. The summed E-state index contributed by atoms with van der Waals surface area (Å²) in [7, 11) is 2.02. The minimum Gasteiger partial charge on any atom is -0.478 e. The van der Waals surface area contributed by atoms with Gasteiger partial charge in [-0.05, 0) is 55.1 Å². The Bertz CT molecular complexity index is 643. The first-order valence-corrected chi connectivity index (χ1v) is 7.35. The van der Waals surface area contributed by atoms with Crippen LogP contribution in [0, 0.1) is 0 Å². The fraction of sp³-hybridized carbons (Fsp3) is 0.353. The average Bonchev–Trinajstić information content (AvgIpc) is 2.90. The van der Waals surface area contributed by atoms with Crippen molar-refractivity contribution in [3.05, 3.63) is 58.9 Å². The van der Waals surface area contributed by atoms with Crippen LogP contribution in [0.4, 0.5) is 0 Å². The second-order valence-electron chi connectivity index (χ2n) is 5.65. The number of aryl methyl sites for hydroxylation is 1. The van der Waals surface area contributed by atoms with Crippen molar-refractivity contribution in [3.8, 4) is 0 Å². The number of nitrogens with zero attached hydrogens (tertiary/aromatic N) is 1. The first kappa shape index (κ1) is 13.9. The molecular formula is C17H20N2O2. The molecule has 0 aliphatic heterocycles. The SMILES string of the molecule is CNC1CCCc2cn(Cc3ccc(C(=O)O)cc3)cc21. The zero-order chi connectivity index (χ0) is 14.8. The Morgan fingerprint density at radius 1 is 1.33 bits per heavy atom. The molecule has 1 aliphatic carbocycles. The molecule has 2 aromatic rings. The van der Waals surface area contributed by atoms with E-state index < -0.39 is 5.97 Å². The molecule has 1 atom stereocenters. The van der Waals surface area contributed by atoms with Gasteiger partial charge >= 0.3 is 5.97 Å². The van der Waals surface area contributed by atoms with E-state index in [2.05, 4.69) is 22.3 Å². The maximum Gasteiger partial charge on any atom is 0.335 e. The van der Waals surface area contributed by atoms with Gasteiger partial charge in [0.1, 0.15) is 0 Å². The van der Waals surface area contributed by atoms with E-state index >= 15 is 0 Å². The molecule has 0 fully saturated rings. The summed E-state index contributed by atoms with van der Waals surface area (Å²) in [5.74, 6) is -0.880. The highest BCUT2D eigenvalue weighted by molar-refractivity contribution is 5.87. The van der Waals surface area contributed by atoms with Crippen LogP contribution < -0.4 is 5.32 Å². The van der Waals surface area contributed by atoms with Gasteiger partial charge in [0, 0.05) is 25.0 Å².